The highest BCUT2D eigenvalue weighted by molar-refractivity contribution is 7.88. The highest BCUT2D eigenvalue weighted by Crippen LogP contribution is 2.37. The fourth-order valence-corrected chi connectivity index (χ4v) is 20.8. The van der Waals surface area contributed by atoms with E-state index in [-0.39, 0.29) is 91.2 Å². The molecule has 144 heavy (non-hydrogen) atoms. The molecule has 4 aliphatic rings. The molecular formula is C110H110Cl2N16O15S. The van der Waals surface area contributed by atoms with Gasteiger partial charge in [-0.3, -0.25) is 57.0 Å². The number of ether oxygens (including phenoxy) is 3. The number of aromatic nitrogens is 13. The van der Waals surface area contributed by atoms with Crippen molar-refractivity contribution in [2.45, 2.75) is 134 Å². The molecule has 4 aliphatic heterocycles. The summed E-state index contributed by atoms with van der Waals surface area (Å²) in [4.78, 5) is 123. The highest BCUT2D eigenvalue weighted by atomic mass is 35.5. The first kappa shape index (κ1) is 100. The van der Waals surface area contributed by atoms with Crippen molar-refractivity contribution in [2.75, 3.05) is 86.1 Å². The van der Waals surface area contributed by atoms with Crippen molar-refractivity contribution in [2.24, 2.45) is 5.92 Å². The number of piperidine rings is 2. The van der Waals surface area contributed by atoms with Gasteiger partial charge in [-0.2, -0.15) is 4.31 Å². The number of ketones is 1. The summed E-state index contributed by atoms with van der Waals surface area (Å²) >= 11 is 11.9. The predicted molar refractivity (Wildman–Crippen MR) is 557 cm³/mol. The lowest BCUT2D eigenvalue weighted by molar-refractivity contribution is -0.132. The molecule has 4 N–H and O–H groups in total. The Labute approximate surface area is 839 Å². The third kappa shape index (κ3) is 22.3. The molecule has 4 saturated heterocycles. The molecule has 4 fully saturated rings. The van der Waals surface area contributed by atoms with Gasteiger partial charge in [0.05, 0.1) is 149 Å². The molecule has 0 bridgehead atoms. The van der Waals surface area contributed by atoms with Crippen LogP contribution >= 0.6 is 23.2 Å². The maximum absolute atomic E-state index is 13.7. The van der Waals surface area contributed by atoms with E-state index in [2.05, 4.69) is 56.9 Å². The van der Waals surface area contributed by atoms with Crippen molar-refractivity contribution in [3.63, 3.8) is 0 Å². The number of sulfonamides is 1. The zero-order chi connectivity index (χ0) is 101. The molecular weight excluding hydrogens is 1890 g/mol. The van der Waals surface area contributed by atoms with Gasteiger partial charge in [-0.1, -0.05) is 158 Å². The number of aliphatic hydroxyl groups excluding tert-OH is 4. The molecule has 21 rings (SSSR count). The first-order valence-corrected chi connectivity index (χ1v) is 50.8. The third-order valence-corrected chi connectivity index (χ3v) is 28.9. The molecule has 8 aromatic carbocycles. The fraction of sp³-hybridized carbons (Fsp3) is 0.318. The molecule has 31 nitrogen and oxygen atoms in total. The zero-order valence-electron chi connectivity index (χ0n) is 80.5. The van der Waals surface area contributed by atoms with Gasteiger partial charge in [-0.05, 0) is 198 Å². The van der Waals surface area contributed by atoms with Gasteiger partial charge in [0.2, 0.25) is 21.8 Å². The van der Waals surface area contributed by atoms with Crippen LogP contribution in [0.5, 0.6) is 5.88 Å². The number of benzene rings is 8. The number of Topliss-reactive ketones (excluding diaryl/α,β-unsaturated/α-hetero) is 1. The Balaban J connectivity index is 0.000000127. The third-order valence-electron chi connectivity index (χ3n) is 27.2. The largest absolute Gasteiger partial charge is 0.478 e. The Hall–Kier alpha value is -13.7. The Morgan fingerprint density at radius 2 is 0.833 bits per heavy atom. The molecule has 34 heteroatoms. The number of hydrogen-bond donors (Lipinski definition) is 4. The topological polar surface area (TPSA) is 391 Å². The minimum Gasteiger partial charge on any atom is -0.478 e. The average molecular weight is 2000 g/mol. The number of nitrogens with zero attached hydrogens (tertiary/aromatic N) is 16. The van der Waals surface area contributed by atoms with Crippen LogP contribution in [0.15, 0.2) is 257 Å². The van der Waals surface area contributed by atoms with Crippen LogP contribution in [-0.2, 0) is 50.0 Å². The van der Waals surface area contributed by atoms with E-state index in [1.54, 1.807) is 69.7 Å². The summed E-state index contributed by atoms with van der Waals surface area (Å²) in [5, 5.41) is 52.6. The van der Waals surface area contributed by atoms with Crippen LogP contribution in [0.25, 0.3) is 98.0 Å². The zero-order valence-corrected chi connectivity index (χ0v) is 82.8. The molecule has 0 saturated carbocycles. The summed E-state index contributed by atoms with van der Waals surface area (Å²) in [6.45, 7) is 9.55. The number of amides is 1. The average Bonchev–Trinajstić information content (AvgIpc) is 0.759. The van der Waals surface area contributed by atoms with E-state index in [4.69, 9.17) is 42.4 Å². The summed E-state index contributed by atoms with van der Waals surface area (Å²) in [6, 6.07) is 56.1. The predicted octanol–water partition coefficient (Wildman–Crippen LogP) is 14.4. The first-order valence-electron chi connectivity index (χ1n) is 48.2. The SMILES string of the molecule is CC(=O)N1CC[C@H](O)[C@@H](n2cnc3c(cc(Cc4ccc(Cl)nc4)c4ccccc43)c2=O)C1.CC(C)CC(=O)c1ccc(Cc2cc3c(=O)n([C@H]4CCOC[C@@H]4O)cnc3c3ccccc23)cn1.CN(C)CCCOc1ccc(-c2ccc(Cc3cc4c(=O)n([C@H]5CCOC[C@@H]5O)cnc4c4ccccc34)cn2)cn1.CS(=O)(=O)N1CC[C@H](O)[C@@H](n2cnc3c(cc(Cc4ccc(Cl)nc4)c4ccccc43)c2=O)C1. The Morgan fingerprint density at radius 3 is 1.19 bits per heavy atom. The van der Waals surface area contributed by atoms with Gasteiger partial charge >= 0.3 is 0 Å². The number of hydrogen-bond acceptors (Lipinski definition) is 25. The molecule has 0 aliphatic carbocycles. The van der Waals surface area contributed by atoms with Gasteiger partial charge in [-0.25, -0.2) is 43.3 Å². The van der Waals surface area contributed by atoms with Crippen LogP contribution in [0.2, 0.25) is 10.3 Å². The summed E-state index contributed by atoms with van der Waals surface area (Å²) in [7, 11) is 0.645. The molecule has 740 valence electrons. The van der Waals surface area contributed by atoms with Gasteiger partial charge in [0.1, 0.15) is 16.0 Å². The second-order valence-electron chi connectivity index (χ2n) is 37.9. The summed E-state index contributed by atoms with van der Waals surface area (Å²) in [5.74, 6) is 0.869. The number of fused-ring (bicyclic) bond motifs is 12. The lowest BCUT2D eigenvalue weighted by Crippen LogP contribution is -2.48. The molecule has 1 amide bonds. The normalized spacial score (nSPS) is 18.4. The van der Waals surface area contributed by atoms with E-state index in [9.17, 15) is 57.6 Å². The minimum atomic E-state index is -3.45. The van der Waals surface area contributed by atoms with Crippen molar-refractivity contribution >= 4 is 132 Å². The van der Waals surface area contributed by atoms with Crippen LogP contribution in [0.3, 0.4) is 0 Å². The lowest BCUT2D eigenvalue weighted by atomic mass is 9.96. The van der Waals surface area contributed by atoms with Gasteiger partial charge < -0.3 is 44.4 Å². The van der Waals surface area contributed by atoms with Gasteiger partial charge in [-0.15, -0.1) is 0 Å². The van der Waals surface area contributed by atoms with Crippen LogP contribution in [0.4, 0.5) is 0 Å². The van der Waals surface area contributed by atoms with Crippen LogP contribution in [-0.4, -0.2) is 228 Å². The molecule has 17 aromatic rings. The number of rotatable bonds is 22. The smallest absolute Gasteiger partial charge is 0.261 e. The molecule has 13 heterocycles. The van der Waals surface area contributed by atoms with Crippen molar-refractivity contribution in [3.8, 4) is 17.1 Å². The van der Waals surface area contributed by atoms with Crippen molar-refractivity contribution in [1.29, 1.82) is 0 Å². The van der Waals surface area contributed by atoms with Crippen molar-refractivity contribution < 1.29 is 52.6 Å². The van der Waals surface area contributed by atoms with E-state index >= 15 is 0 Å². The number of carbonyl (C=O) groups is 2. The standard InChI is InChI=1S/C33H35N5O4.C28H29N3O4.C25H23ClN4O3.C24H23ClN4O4S/c1-37(2)13-5-14-42-31-11-9-23(19-35-31)28-10-8-22(18-34-28)16-24-17-27-32(26-7-4-3-6-25(24)26)36-21-38(33(27)40)29-12-15-41-20-30(29)39;1-17(2)11-25(32)23-8-7-18(14-29-23)12-19-13-22-27(21-6-4-3-5-20(19)21)30-16-31(28(22)34)24-9-10-35-15-26(24)33;1-15(31)29-9-8-22(32)21(13-29)30-14-28-24-19-5-3-2-4-18(19)17(11-20(24)25(30)33)10-16-6-7-23(26)27-12-16;1-34(32,33)28-9-8-21(30)20(13-28)29-14-27-23-18-5-3-2-4-17(18)16(11-19(23)24(29)31)10-15-6-7-22(25)26-12-15/h3-4,6-11,17-19,21,29-30,39H,5,12-16,20H2,1-2H3;3-8,13-14,16-17,24,26,33H,9-12,15H2,1-2H3;2-7,11-12,14,21-22,32H,8-10,13H2,1H3;2-7,11-12,14,20-21,30H,8-10,13H2,1H3/t29-,30-;24-,26-;21-,22-;20-,21-/m0000/s1. The van der Waals surface area contributed by atoms with Crippen molar-refractivity contribution in [3.05, 3.63) is 340 Å². The van der Waals surface area contributed by atoms with Crippen LogP contribution < -0.4 is 27.0 Å². The summed E-state index contributed by atoms with van der Waals surface area (Å²) in [6.07, 6.45) is 18.4. The first-order chi connectivity index (χ1) is 69.5. The molecule has 8 atom stereocenters. The van der Waals surface area contributed by atoms with Crippen LogP contribution in [0, 0.1) is 5.92 Å². The van der Waals surface area contributed by atoms with Gasteiger partial charge in [0, 0.05) is 123 Å². The quantitative estimate of drug-likeness (QED) is 0.0212. The van der Waals surface area contributed by atoms with Gasteiger partial charge in [0.15, 0.2) is 5.78 Å². The minimum absolute atomic E-state index is 0.0178. The Bertz CT molecular complexity index is 8030. The monoisotopic (exact) mass is 2000 g/mol. The van der Waals surface area contributed by atoms with E-state index in [0.717, 1.165) is 118 Å². The fourth-order valence-electron chi connectivity index (χ4n) is 19.7. The Kier molecular flexibility index (Phi) is 30.8. The van der Waals surface area contributed by atoms with E-state index in [0.29, 0.717) is 143 Å². The number of carbonyl (C=O) groups excluding carboxylic acids is 2. The number of halogens is 2. The molecule has 0 radical (unpaired) electrons. The van der Waals surface area contributed by atoms with E-state index in [1.165, 1.54) is 33.0 Å². The van der Waals surface area contributed by atoms with E-state index in [1.807, 2.05) is 186 Å². The summed E-state index contributed by atoms with van der Waals surface area (Å²) < 4.78 is 47.9. The van der Waals surface area contributed by atoms with Crippen molar-refractivity contribution in [1.82, 2.24) is 77.2 Å². The van der Waals surface area contributed by atoms with Gasteiger partial charge in [0.25, 0.3) is 22.2 Å². The molecule has 0 spiro atoms. The van der Waals surface area contributed by atoms with E-state index < -0.39 is 46.5 Å². The maximum atomic E-state index is 13.7. The second-order valence-corrected chi connectivity index (χ2v) is 40.6. The number of aliphatic hydroxyl groups is 4. The maximum Gasteiger partial charge on any atom is 0.261 e. The molecule has 9 aromatic heterocycles. The molecule has 0 unspecified atom stereocenters. The highest BCUT2D eigenvalue weighted by Gasteiger charge is 2.37. The Morgan fingerprint density at radius 1 is 0.444 bits per heavy atom. The second kappa shape index (κ2) is 44.2. The number of pyridine rings is 5. The lowest BCUT2D eigenvalue weighted by Gasteiger charge is -2.36. The number of likely N-dealkylation sites (tertiary alicyclic amines) is 1. The summed E-state index contributed by atoms with van der Waals surface area (Å²) in [5.41, 5.74) is 11.7. The van der Waals surface area contributed by atoms with Crippen LogP contribution in [0.1, 0.15) is 138 Å².